The lowest BCUT2D eigenvalue weighted by atomic mass is 10.0. The molecular formula is C23H32N4O2. The Morgan fingerprint density at radius 2 is 1.86 bits per heavy atom. The van der Waals surface area contributed by atoms with Crippen LogP contribution in [0.25, 0.3) is 0 Å². The zero-order valence-electron chi connectivity index (χ0n) is 17.9. The van der Waals surface area contributed by atoms with Gasteiger partial charge in [-0.3, -0.25) is 14.7 Å². The number of ether oxygens (including phenoxy) is 1. The molecule has 0 unspecified atom stereocenters. The van der Waals surface area contributed by atoms with E-state index in [9.17, 15) is 4.79 Å². The quantitative estimate of drug-likeness (QED) is 0.861. The molecule has 0 saturated carbocycles. The third-order valence-electron chi connectivity index (χ3n) is 5.91. The highest BCUT2D eigenvalue weighted by Crippen LogP contribution is 2.22. The highest BCUT2D eigenvalue weighted by Gasteiger charge is 2.27. The number of morpholine rings is 1. The standard InChI is InChI=1S/C23H32N4O2/c1-15(2)19-7-5-18(6-8-19)13-26-10-9-20-21(14-26)24-23(25-22(20)28)27-11-16(3)29-17(4)12-27/h5-8,15-17H,9-14H2,1-4H3,(H,24,25,28)/t16-,17-/m1/s1. The van der Waals surface area contributed by atoms with E-state index in [4.69, 9.17) is 9.72 Å². The SMILES string of the molecule is CC(C)c1ccc(CN2CCc3c(nc(N4C[C@@H](C)O[C@H](C)C4)[nH]c3=O)C2)cc1. The van der Waals surface area contributed by atoms with Crippen LogP contribution in [-0.2, 0) is 24.2 Å². The van der Waals surface area contributed by atoms with Gasteiger partial charge in [-0.05, 0) is 37.3 Å². The number of benzene rings is 1. The van der Waals surface area contributed by atoms with Crippen LogP contribution in [0.4, 0.5) is 5.95 Å². The van der Waals surface area contributed by atoms with Crippen molar-refractivity contribution >= 4 is 5.95 Å². The van der Waals surface area contributed by atoms with E-state index in [-0.39, 0.29) is 17.8 Å². The number of rotatable bonds is 4. The smallest absolute Gasteiger partial charge is 0.255 e. The Morgan fingerprint density at radius 3 is 2.52 bits per heavy atom. The van der Waals surface area contributed by atoms with Crippen molar-refractivity contribution in [2.75, 3.05) is 24.5 Å². The minimum absolute atomic E-state index is 0.0118. The van der Waals surface area contributed by atoms with Crippen molar-refractivity contribution in [1.82, 2.24) is 14.9 Å². The average molecular weight is 397 g/mol. The molecule has 1 N–H and O–H groups in total. The summed E-state index contributed by atoms with van der Waals surface area (Å²) in [6.45, 7) is 12.5. The Morgan fingerprint density at radius 1 is 1.17 bits per heavy atom. The first kappa shape index (κ1) is 20.1. The van der Waals surface area contributed by atoms with Crippen LogP contribution in [0, 0.1) is 0 Å². The van der Waals surface area contributed by atoms with E-state index in [0.29, 0.717) is 18.4 Å². The maximum absolute atomic E-state index is 12.7. The van der Waals surface area contributed by atoms with E-state index in [0.717, 1.165) is 43.9 Å². The molecule has 6 nitrogen and oxygen atoms in total. The lowest BCUT2D eigenvalue weighted by Gasteiger charge is -2.36. The second-order valence-corrected chi connectivity index (χ2v) is 8.83. The van der Waals surface area contributed by atoms with Crippen LogP contribution in [0.15, 0.2) is 29.1 Å². The van der Waals surface area contributed by atoms with Gasteiger partial charge in [0.15, 0.2) is 0 Å². The highest BCUT2D eigenvalue weighted by molar-refractivity contribution is 5.35. The lowest BCUT2D eigenvalue weighted by Crippen LogP contribution is -2.47. The van der Waals surface area contributed by atoms with Crippen LogP contribution < -0.4 is 10.5 Å². The number of hydrogen-bond acceptors (Lipinski definition) is 5. The van der Waals surface area contributed by atoms with Crippen molar-refractivity contribution in [1.29, 1.82) is 0 Å². The molecule has 1 aromatic carbocycles. The predicted octanol–water partition coefficient (Wildman–Crippen LogP) is 3.07. The number of H-pyrrole nitrogens is 1. The molecule has 156 valence electrons. The molecule has 2 aliphatic heterocycles. The summed E-state index contributed by atoms with van der Waals surface area (Å²) in [6.07, 6.45) is 1.01. The monoisotopic (exact) mass is 396 g/mol. The van der Waals surface area contributed by atoms with Gasteiger partial charge in [0, 0.05) is 38.3 Å². The summed E-state index contributed by atoms with van der Waals surface area (Å²) in [5.74, 6) is 1.23. The van der Waals surface area contributed by atoms with Crippen LogP contribution in [-0.4, -0.2) is 46.7 Å². The Hall–Kier alpha value is -2.18. The van der Waals surface area contributed by atoms with Gasteiger partial charge in [0.1, 0.15) is 0 Å². The summed E-state index contributed by atoms with van der Waals surface area (Å²) < 4.78 is 5.82. The van der Waals surface area contributed by atoms with Crippen molar-refractivity contribution in [2.45, 2.75) is 65.3 Å². The molecule has 1 fully saturated rings. The minimum Gasteiger partial charge on any atom is -0.372 e. The number of nitrogens with zero attached hydrogens (tertiary/aromatic N) is 3. The van der Waals surface area contributed by atoms with Gasteiger partial charge in [-0.2, -0.15) is 0 Å². The van der Waals surface area contributed by atoms with E-state index in [1.54, 1.807) is 0 Å². The minimum atomic E-state index is 0.0118. The van der Waals surface area contributed by atoms with Gasteiger partial charge in [-0.25, -0.2) is 4.98 Å². The number of anilines is 1. The lowest BCUT2D eigenvalue weighted by molar-refractivity contribution is -0.00576. The molecule has 0 amide bonds. The maximum atomic E-state index is 12.7. The van der Waals surface area contributed by atoms with E-state index < -0.39 is 0 Å². The molecule has 0 bridgehead atoms. The molecule has 1 aromatic heterocycles. The van der Waals surface area contributed by atoms with Gasteiger partial charge in [-0.15, -0.1) is 0 Å². The summed E-state index contributed by atoms with van der Waals surface area (Å²) in [5.41, 5.74) is 4.44. The van der Waals surface area contributed by atoms with Crippen LogP contribution in [0.1, 0.15) is 56.0 Å². The Bertz CT molecular complexity index is 896. The molecule has 29 heavy (non-hydrogen) atoms. The molecule has 3 heterocycles. The third-order valence-corrected chi connectivity index (χ3v) is 5.91. The topological polar surface area (TPSA) is 61.5 Å². The molecule has 0 aliphatic carbocycles. The van der Waals surface area contributed by atoms with Crippen molar-refractivity contribution in [3.05, 3.63) is 57.0 Å². The average Bonchev–Trinajstić information content (AvgIpc) is 2.67. The summed E-state index contributed by atoms with van der Waals surface area (Å²) in [5, 5.41) is 0. The van der Waals surface area contributed by atoms with Gasteiger partial charge in [0.25, 0.3) is 5.56 Å². The van der Waals surface area contributed by atoms with E-state index in [2.05, 4.69) is 66.7 Å². The third kappa shape index (κ3) is 4.54. The Kier molecular flexibility index (Phi) is 5.74. The number of aromatic nitrogens is 2. The summed E-state index contributed by atoms with van der Waals surface area (Å²) in [4.78, 5) is 25.1. The summed E-state index contributed by atoms with van der Waals surface area (Å²) in [6, 6.07) is 8.88. The molecule has 0 radical (unpaired) electrons. The summed E-state index contributed by atoms with van der Waals surface area (Å²) in [7, 11) is 0. The first-order chi connectivity index (χ1) is 13.9. The summed E-state index contributed by atoms with van der Waals surface area (Å²) >= 11 is 0. The largest absolute Gasteiger partial charge is 0.372 e. The van der Waals surface area contributed by atoms with Crippen LogP contribution >= 0.6 is 0 Å². The predicted molar refractivity (Wildman–Crippen MR) is 115 cm³/mol. The number of nitrogens with one attached hydrogen (secondary N) is 1. The molecule has 0 spiro atoms. The van der Waals surface area contributed by atoms with Crippen molar-refractivity contribution in [2.24, 2.45) is 0 Å². The zero-order chi connectivity index (χ0) is 20.5. The van der Waals surface area contributed by atoms with Crippen LogP contribution in [0.3, 0.4) is 0 Å². The van der Waals surface area contributed by atoms with Gasteiger partial charge in [-0.1, -0.05) is 38.1 Å². The molecule has 4 rings (SSSR count). The van der Waals surface area contributed by atoms with Gasteiger partial charge >= 0.3 is 0 Å². The van der Waals surface area contributed by atoms with Crippen molar-refractivity contribution < 1.29 is 4.74 Å². The van der Waals surface area contributed by atoms with E-state index >= 15 is 0 Å². The van der Waals surface area contributed by atoms with Gasteiger partial charge in [0.05, 0.1) is 17.9 Å². The zero-order valence-corrected chi connectivity index (χ0v) is 17.9. The maximum Gasteiger partial charge on any atom is 0.255 e. The molecular weight excluding hydrogens is 364 g/mol. The van der Waals surface area contributed by atoms with Gasteiger partial charge in [0.2, 0.25) is 5.95 Å². The Balaban J connectivity index is 1.50. The second-order valence-electron chi connectivity index (χ2n) is 8.83. The van der Waals surface area contributed by atoms with Gasteiger partial charge < -0.3 is 9.64 Å². The molecule has 2 aromatic rings. The van der Waals surface area contributed by atoms with Crippen LogP contribution in [0.5, 0.6) is 0 Å². The Labute approximate surface area is 172 Å². The van der Waals surface area contributed by atoms with Crippen molar-refractivity contribution in [3.8, 4) is 0 Å². The van der Waals surface area contributed by atoms with E-state index in [1.165, 1.54) is 11.1 Å². The molecule has 2 atom stereocenters. The first-order valence-electron chi connectivity index (χ1n) is 10.7. The first-order valence-corrected chi connectivity index (χ1v) is 10.7. The van der Waals surface area contributed by atoms with E-state index in [1.807, 2.05) is 0 Å². The number of aromatic amines is 1. The van der Waals surface area contributed by atoms with Crippen LogP contribution in [0.2, 0.25) is 0 Å². The molecule has 6 heteroatoms. The fourth-order valence-electron chi connectivity index (χ4n) is 4.38. The number of hydrogen-bond donors (Lipinski definition) is 1. The fraction of sp³-hybridized carbons (Fsp3) is 0.565. The van der Waals surface area contributed by atoms with Crippen molar-refractivity contribution in [3.63, 3.8) is 0 Å². The molecule has 1 saturated heterocycles. The number of fused-ring (bicyclic) bond motifs is 1. The second kappa shape index (κ2) is 8.28. The highest BCUT2D eigenvalue weighted by atomic mass is 16.5. The molecule has 2 aliphatic rings. The fourth-order valence-corrected chi connectivity index (χ4v) is 4.38. The normalized spacial score (nSPS) is 22.7.